The van der Waals surface area contributed by atoms with Gasteiger partial charge in [-0.1, -0.05) is 44.9 Å². The summed E-state index contributed by atoms with van der Waals surface area (Å²) in [7, 11) is 0. The molecule has 1 aliphatic heterocycles. The Morgan fingerprint density at radius 2 is 1.68 bits per heavy atom. The topological polar surface area (TPSA) is 104 Å². The van der Waals surface area contributed by atoms with Gasteiger partial charge in [-0.25, -0.2) is 4.79 Å². The number of fused-ring (bicyclic) bond motifs is 1. The Bertz CT molecular complexity index is 1340. The number of nitrogens with zero attached hydrogens (tertiary/aromatic N) is 1. The van der Waals surface area contributed by atoms with E-state index in [0.29, 0.717) is 41.6 Å². The van der Waals surface area contributed by atoms with Gasteiger partial charge in [0.2, 0.25) is 5.88 Å². The molecule has 0 bridgehead atoms. The average molecular weight is 513 g/mol. The maximum atomic E-state index is 12.8. The molecular weight excluding hydrogens is 480 g/mol. The van der Waals surface area contributed by atoms with Gasteiger partial charge in [-0.3, -0.25) is 0 Å². The number of nitriles is 1. The highest BCUT2D eigenvalue weighted by Gasteiger charge is 2.31. The quantitative estimate of drug-likeness (QED) is 0.178. The van der Waals surface area contributed by atoms with Crippen LogP contribution in [0.4, 0.5) is 0 Å². The van der Waals surface area contributed by atoms with Gasteiger partial charge in [0.1, 0.15) is 34.6 Å². The van der Waals surface area contributed by atoms with Gasteiger partial charge in [-0.15, -0.1) is 0 Å². The lowest BCUT2D eigenvalue weighted by Crippen LogP contribution is -2.21. The van der Waals surface area contributed by atoms with Crippen molar-refractivity contribution in [2.45, 2.75) is 45.4 Å². The van der Waals surface area contributed by atoms with Crippen molar-refractivity contribution in [3.63, 3.8) is 0 Å². The predicted octanol–water partition coefficient (Wildman–Crippen LogP) is 6.48. The summed E-state index contributed by atoms with van der Waals surface area (Å²) in [6, 6.07) is 21.8. The third-order valence-corrected chi connectivity index (χ3v) is 6.17. The molecule has 2 N–H and O–H groups in total. The van der Waals surface area contributed by atoms with Crippen molar-refractivity contribution in [2.75, 3.05) is 13.2 Å². The second-order valence-corrected chi connectivity index (χ2v) is 9.01. The summed E-state index contributed by atoms with van der Waals surface area (Å²) in [5.41, 5.74) is 8.45. The minimum absolute atomic E-state index is 0.0166. The summed E-state index contributed by atoms with van der Waals surface area (Å²) in [6.07, 6.45) is 4.13. The molecule has 1 atom stereocenters. The number of unbranched alkanes of at least 4 members (excludes halogenated alkanes) is 2. The fraction of sp³-hybridized carbons (Fsp3) is 0.290. The van der Waals surface area contributed by atoms with Gasteiger partial charge < -0.3 is 24.7 Å². The molecule has 0 aromatic heterocycles. The summed E-state index contributed by atoms with van der Waals surface area (Å²) in [5.74, 6) is 1.23. The zero-order valence-corrected chi connectivity index (χ0v) is 21.7. The second kappa shape index (κ2) is 12.7. The maximum absolute atomic E-state index is 12.8. The Hall–Kier alpha value is -4.44. The molecule has 0 fully saturated rings. The zero-order chi connectivity index (χ0) is 26.9. The third kappa shape index (κ3) is 6.27. The van der Waals surface area contributed by atoms with Gasteiger partial charge in [0.05, 0.1) is 24.7 Å². The molecule has 3 aromatic carbocycles. The molecule has 4 rings (SSSR count). The Balaban J connectivity index is 1.52. The van der Waals surface area contributed by atoms with Crippen LogP contribution in [0, 0.1) is 11.3 Å². The van der Waals surface area contributed by atoms with E-state index in [1.54, 1.807) is 42.5 Å². The number of benzene rings is 3. The zero-order valence-electron chi connectivity index (χ0n) is 21.7. The highest BCUT2D eigenvalue weighted by atomic mass is 16.5. The highest BCUT2D eigenvalue weighted by Crippen LogP contribution is 2.44. The van der Waals surface area contributed by atoms with Gasteiger partial charge in [-0.2, -0.15) is 5.26 Å². The van der Waals surface area contributed by atoms with Crippen molar-refractivity contribution in [3.05, 3.63) is 94.9 Å². The Labute approximate surface area is 223 Å². The molecule has 0 spiro atoms. The standard InChI is InChI=1S/C31H32N2O5/c1-3-5-6-17-36-23-12-10-21(11-13-23)31(34)37-25-14-15-26-28(19-25)38-30(33)27(20-32)29(26)22-8-7-9-24(18-22)35-16-4-2/h7-15,18-19,29H,3-6,16-17,33H2,1-2H3. The molecule has 0 amide bonds. The molecule has 0 saturated carbocycles. The first-order valence-electron chi connectivity index (χ1n) is 12.9. The van der Waals surface area contributed by atoms with E-state index in [1.807, 2.05) is 31.2 Å². The lowest BCUT2D eigenvalue weighted by atomic mass is 9.83. The van der Waals surface area contributed by atoms with E-state index in [1.165, 1.54) is 0 Å². The molecule has 38 heavy (non-hydrogen) atoms. The number of ether oxygens (including phenoxy) is 4. The molecule has 1 aliphatic rings. The molecule has 1 unspecified atom stereocenters. The van der Waals surface area contributed by atoms with Crippen LogP contribution in [0.2, 0.25) is 0 Å². The number of carbonyl (C=O) groups excluding carboxylic acids is 1. The second-order valence-electron chi connectivity index (χ2n) is 9.01. The van der Waals surface area contributed by atoms with E-state index in [0.717, 1.165) is 42.6 Å². The highest BCUT2D eigenvalue weighted by molar-refractivity contribution is 5.91. The number of hydrogen-bond donors (Lipinski definition) is 1. The van der Waals surface area contributed by atoms with Gasteiger partial charge in [0.15, 0.2) is 0 Å². The number of hydrogen-bond acceptors (Lipinski definition) is 7. The molecule has 3 aromatic rings. The lowest BCUT2D eigenvalue weighted by Gasteiger charge is -2.27. The van der Waals surface area contributed by atoms with Crippen LogP contribution in [0.3, 0.4) is 0 Å². The van der Waals surface area contributed by atoms with Gasteiger partial charge in [0.25, 0.3) is 0 Å². The van der Waals surface area contributed by atoms with Crippen LogP contribution >= 0.6 is 0 Å². The van der Waals surface area contributed by atoms with E-state index in [9.17, 15) is 10.1 Å². The summed E-state index contributed by atoms with van der Waals surface area (Å²) in [6.45, 7) is 5.43. The lowest BCUT2D eigenvalue weighted by molar-refractivity contribution is 0.0734. The van der Waals surface area contributed by atoms with E-state index in [2.05, 4.69) is 13.0 Å². The fourth-order valence-corrected chi connectivity index (χ4v) is 4.24. The van der Waals surface area contributed by atoms with Gasteiger partial charge in [0, 0.05) is 11.6 Å². The molecule has 7 heteroatoms. The number of carbonyl (C=O) groups is 1. The fourth-order valence-electron chi connectivity index (χ4n) is 4.24. The van der Waals surface area contributed by atoms with Crippen LogP contribution in [0.15, 0.2) is 78.2 Å². The van der Waals surface area contributed by atoms with Crippen LogP contribution < -0.4 is 24.7 Å². The van der Waals surface area contributed by atoms with Crippen LogP contribution in [0.1, 0.15) is 66.9 Å². The van der Waals surface area contributed by atoms with Crippen LogP contribution in [0.25, 0.3) is 0 Å². The first-order chi connectivity index (χ1) is 18.5. The first-order valence-corrected chi connectivity index (χ1v) is 12.9. The minimum atomic E-state index is -0.503. The Morgan fingerprint density at radius 3 is 2.42 bits per heavy atom. The molecular formula is C31H32N2O5. The van der Waals surface area contributed by atoms with Crippen molar-refractivity contribution in [1.82, 2.24) is 0 Å². The van der Waals surface area contributed by atoms with E-state index in [-0.39, 0.29) is 5.88 Å². The van der Waals surface area contributed by atoms with E-state index < -0.39 is 11.9 Å². The SMILES string of the molecule is CCCCCOc1ccc(C(=O)Oc2ccc3c(c2)OC(N)=C(C#N)C3c2cccc(OCCC)c2)cc1. The van der Waals surface area contributed by atoms with Crippen molar-refractivity contribution >= 4 is 5.97 Å². The molecule has 0 radical (unpaired) electrons. The summed E-state index contributed by atoms with van der Waals surface area (Å²) in [4.78, 5) is 12.8. The van der Waals surface area contributed by atoms with Crippen molar-refractivity contribution in [1.29, 1.82) is 5.26 Å². The predicted molar refractivity (Wildman–Crippen MR) is 144 cm³/mol. The third-order valence-electron chi connectivity index (χ3n) is 6.17. The molecule has 1 heterocycles. The van der Waals surface area contributed by atoms with E-state index in [4.69, 9.17) is 24.7 Å². The number of allylic oxidation sites excluding steroid dienone is 1. The van der Waals surface area contributed by atoms with Crippen LogP contribution in [-0.4, -0.2) is 19.2 Å². The van der Waals surface area contributed by atoms with Crippen LogP contribution in [-0.2, 0) is 0 Å². The first kappa shape index (κ1) is 26.6. The van der Waals surface area contributed by atoms with Crippen molar-refractivity contribution in [3.8, 4) is 29.1 Å². The minimum Gasteiger partial charge on any atom is -0.494 e. The van der Waals surface area contributed by atoms with Crippen molar-refractivity contribution < 1.29 is 23.7 Å². The average Bonchev–Trinajstić information content (AvgIpc) is 2.94. The summed E-state index contributed by atoms with van der Waals surface area (Å²) >= 11 is 0. The molecule has 7 nitrogen and oxygen atoms in total. The number of rotatable bonds is 11. The normalized spacial score (nSPS) is 14.2. The van der Waals surface area contributed by atoms with E-state index >= 15 is 0 Å². The maximum Gasteiger partial charge on any atom is 0.343 e. The largest absolute Gasteiger partial charge is 0.494 e. The Kier molecular flexibility index (Phi) is 8.89. The van der Waals surface area contributed by atoms with Crippen LogP contribution in [0.5, 0.6) is 23.0 Å². The smallest absolute Gasteiger partial charge is 0.343 e. The number of esters is 1. The molecule has 0 aliphatic carbocycles. The summed E-state index contributed by atoms with van der Waals surface area (Å²) < 4.78 is 22.9. The molecule has 0 saturated heterocycles. The number of nitrogens with two attached hydrogens (primary N) is 1. The van der Waals surface area contributed by atoms with Gasteiger partial charge >= 0.3 is 5.97 Å². The summed E-state index contributed by atoms with van der Waals surface area (Å²) in [5, 5.41) is 9.84. The van der Waals surface area contributed by atoms with Crippen molar-refractivity contribution in [2.24, 2.45) is 5.73 Å². The Morgan fingerprint density at radius 1 is 0.921 bits per heavy atom. The monoisotopic (exact) mass is 512 g/mol. The van der Waals surface area contributed by atoms with Gasteiger partial charge in [-0.05, 0) is 60.9 Å². The molecule has 196 valence electrons.